The van der Waals surface area contributed by atoms with Crippen molar-refractivity contribution in [3.8, 4) is 0 Å². The average Bonchev–Trinajstić information content (AvgIpc) is 2.46. The van der Waals surface area contributed by atoms with Crippen LogP contribution in [0.2, 0.25) is 0 Å². The average molecular weight is 283 g/mol. The van der Waals surface area contributed by atoms with Gasteiger partial charge in [-0.1, -0.05) is 51.5 Å². The molecule has 1 N–H and O–H groups in total. The van der Waals surface area contributed by atoms with E-state index in [1.165, 1.54) is 6.42 Å². The van der Waals surface area contributed by atoms with Crippen molar-refractivity contribution < 1.29 is 5.11 Å². The SMILES string of the molecule is CC1CCC(C(C)C)C(O)(c2cncc3ccccc23)C1. The number of pyridine rings is 1. The molecule has 1 aliphatic carbocycles. The van der Waals surface area contributed by atoms with Crippen LogP contribution in [0.15, 0.2) is 36.7 Å². The van der Waals surface area contributed by atoms with Crippen LogP contribution in [0.25, 0.3) is 10.8 Å². The molecule has 0 radical (unpaired) electrons. The van der Waals surface area contributed by atoms with Gasteiger partial charge in [-0.2, -0.15) is 0 Å². The van der Waals surface area contributed by atoms with E-state index in [1.807, 2.05) is 24.5 Å². The van der Waals surface area contributed by atoms with Crippen molar-refractivity contribution in [2.75, 3.05) is 0 Å². The summed E-state index contributed by atoms with van der Waals surface area (Å²) in [6.07, 6.45) is 6.92. The Labute approximate surface area is 127 Å². The fraction of sp³-hybridized carbons (Fsp3) is 0.526. The van der Waals surface area contributed by atoms with Gasteiger partial charge in [-0.25, -0.2) is 0 Å². The lowest BCUT2D eigenvalue weighted by Gasteiger charge is -2.45. The molecule has 1 heterocycles. The zero-order chi connectivity index (χ0) is 15.0. The van der Waals surface area contributed by atoms with Crippen molar-refractivity contribution in [2.24, 2.45) is 17.8 Å². The fourth-order valence-electron chi connectivity index (χ4n) is 4.14. The molecule has 1 saturated carbocycles. The molecule has 2 nitrogen and oxygen atoms in total. The third-order valence-electron chi connectivity index (χ3n) is 5.18. The molecule has 1 aromatic heterocycles. The molecule has 112 valence electrons. The summed E-state index contributed by atoms with van der Waals surface area (Å²) >= 11 is 0. The molecule has 3 rings (SSSR count). The molecule has 1 fully saturated rings. The van der Waals surface area contributed by atoms with Crippen molar-refractivity contribution in [1.29, 1.82) is 0 Å². The number of benzene rings is 1. The Bertz CT molecular complexity index is 631. The minimum absolute atomic E-state index is 0.307. The van der Waals surface area contributed by atoms with Crippen LogP contribution in [0.4, 0.5) is 0 Å². The molecule has 0 aliphatic heterocycles. The van der Waals surface area contributed by atoms with Gasteiger partial charge in [0.1, 0.15) is 0 Å². The largest absolute Gasteiger partial charge is 0.385 e. The predicted molar refractivity (Wildman–Crippen MR) is 87.0 cm³/mol. The first-order valence-corrected chi connectivity index (χ1v) is 8.08. The lowest BCUT2D eigenvalue weighted by molar-refractivity contribution is -0.0856. The Morgan fingerprint density at radius 1 is 1.19 bits per heavy atom. The maximum absolute atomic E-state index is 11.6. The third-order valence-corrected chi connectivity index (χ3v) is 5.18. The van der Waals surface area contributed by atoms with Gasteiger partial charge in [0, 0.05) is 23.3 Å². The van der Waals surface area contributed by atoms with Gasteiger partial charge in [0.15, 0.2) is 0 Å². The van der Waals surface area contributed by atoms with E-state index in [9.17, 15) is 5.11 Å². The molecule has 1 aliphatic rings. The van der Waals surface area contributed by atoms with Crippen LogP contribution in [0.5, 0.6) is 0 Å². The van der Waals surface area contributed by atoms with Crippen molar-refractivity contribution in [2.45, 2.75) is 45.6 Å². The minimum atomic E-state index is -0.750. The van der Waals surface area contributed by atoms with E-state index in [2.05, 4.69) is 37.9 Å². The van der Waals surface area contributed by atoms with Crippen LogP contribution in [0.3, 0.4) is 0 Å². The summed E-state index contributed by atoms with van der Waals surface area (Å²) in [5.41, 5.74) is 0.269. The van der Waals surface area contributed by atoms with Crippen LogP contribution < -0.4 is 0 Å². The summed E-state index contributed by atoms with van der Waals surface area (Å²) in [6.45, 7) is 6.70. The monoisotopic (exact) mass is 283 g/mol. The molecule has 1 aromatic carbocycles. The van der Waals surface area contributed by atoms with Crippen LogP contribution in [0, 0.1) is 17.8 Å². The quantitative estimate of drug-likeness (QED) is 0.879. The van der Waals surface area contributed by atoms with Crippen LogP contribution in [-0.2, 0) is 5.60 Å². The van der Waals surface area contributed by atoms with Crippen LogP contribution >= 0.6 is 0 Å². The first kappa shape index (κ1) is 14.5. The van der Waals surface area contributed by atoms with Crippen molar-refractivity contribution >= 4 is 10.8 Å². The normalized spacial score (nSPS) is 30.0. The molecular formula is C19H25NO. The third kappa shape index (κ3) is 2.46. The molecule has 3 unspecified atom stereocenters. The zero-order valence-electron chi connectivity index (χ0n) is 13.2. The summed E-state index contributed by atoms with van der Waals surface area (Å²) in [6, 6.07) is 8.26. The lowest BCUT2D eigenvalue weighted by Crippen LogP contribution is -2.43. The Kier molecular flexibility index (Phi) is 3.75. The first-order valence-electron chi connectivity index (χ1n) is 8.08. The van der Waals surface area contributed by atoms with Gasteiger partial charge in [0.2, 0.25) is 0 Å². The number of aliphatic hydroxyl groups is 1. The number of rotatable bonds is 2. The lowest BCUT2D eigenvalue weighted by atomic mass is 9.64. The maximum Gasteiger partial charge on any atom is 0.0950 e. The molecule has 0 saturated heterocycles. The highest BCUT2D eigenvalue weighted by Crippen LogP contribution is 2.48. The van der Waals surface area contributed by atoms with E-state index in [4.69, 9.17) is 0 Å². The summed E-state index contributed by atoms with van der Waals surface area (Å²) in [5, 5.41) is 13.9. The van der Waals surface area contributed by atoms with E-state index in [1.54, 1.807) is 0 Å². The highest BCUT2D eigenvalue weighted by Gasteiger charge is 2.44. The molecule has 2 heteroatoms. The highest BCUT2D eigenvalue weighted by atomic mass is 16.3. The molecule has 0 spiro atoms. The summed E-state index contributed by atoms with van der Waals surface area (Å²) < 4.78 is 0. The van der Waals surface area contributed by atoms with Crippen LogP contribution in [-0.4, -0.2) is 10.1 Å². The van der Waals surface area contributed by atoms with E-state index in [0.29, 0.717) is 17.8 Å². The number of nitrogens with zero attached hydrogens (tertiary/aromatic N) is 1. The second-order valence-corrected chi connectivity index (χ2v) is 7.07. The zero-order valence-corrected chi connectivity index (χ0v) is 13.2. The van der Waals surface area contributed by atoms with Crippen molar-refractivity contribution in [3.63, 3.8) is 0 Å². The summed E-state index contributed by atoms with van der Waals surface area (Å²) in [4.78, 5) is 4.39. The van der Waals surface area contributed by atoms with Crippen LogP contribution in [0.1, 0.15) is 45.6 Å². The summed E-state index contributed by atoms with van der Waals surface area (Å²) in [7, 11) is 0. The second kappa shape index (κ2) is 5.42. The van der Waals surface area contributed by atoms with Crippen molar-refractivity contribution in [3.05, 3.63) is 42.2 Å². The molecule has 0 amide bonds. The number of hydrogen-bond donors (Lipinski definition) is 1. The number of fused-ring (bicyclic) bond motifs is 1. The number of hydrogen-bond acceptors (Lipinski definition) is 2. The topological polar surface area (TPSA) is 33.1 Å². The van der Waals surface area contributed by atoms with Crippen molar-refractivity contribution in [1.82, 2.24) is 4.98 Å². The number of aromatic nitrogens is 1. The molecule has 2 aromatic rings. The maximum atomic E-state index is 11.6. The fourth-order valence-corrected chi connectivity index (χ4v) is 4.14. The molecule has 21 heavy (non-hydrogen) atoms. The van der Waals surface area contributed by atoms with Gasteiger partial charge in [-0.05, 0) is 36.0 Å². The molecule has 3 atom stereocenters. The molecular weight excluding hydrogens is 258 g/mol. The van der Waals surface area contributed by atoms with Gasteiger partial charge in [-0.3, -0.25) is 4.98 Å². The predicted octanol–water partition coefficient (Wildman–Crippen LogP) is 4.51. The Hall–Kier alpha value is -1.41. The van der Waals surface area contributed by atoms with Gasteiger partial charge in [0.25, 0.3) is 0 Å². The van der Waals surface area contributed by atoms with Gasteiger partial charge < -0.3 is 5.11 Å². The minimum Gasteiger partial charge on any atom is -0.385 e. The Morgan fingerprint density at radius 3 is 2.71 bits per heavy atom. The van der Waals surface area contributed by atoms with Gasteiger partial charge in [-0.15, -0.1) is 0 Å². The first-order chi connectivity index (χ1) is 10.0. The Balaban J connectivity index is 2.17. The van der Waals surface area contributed by atoms with Gasteiger partial charge in [0.05, 0.1) is 5.60 Å². The van der Waals surface area contributed by atoms with E-state index in [0.717, 1.165) is 29.2 Å². The molecule has 0 bridgehead atoms. The Morgan fingerprint density at radius 2 is 1.95 bits per heavy atom. The summed E-state index contributed by atoms with van der Waals surface area (Å²) in [5.74, 6) is 1.34. The van der Waals surface area contributed by atoms with E-state index in [-0.39, 0.29) is 0 Å². The highest BCUT2D eigenvalue weighted by molar-refractivity contribution is 5.85. The standard InChI is InChI=1S/C19H25NO/c1-13(2)17-9-8-14(3)10-19(17,21)18-12-20-11-15-6-4-5-7-16(15)18/h4-7,11-14,17,21H,8-10H2,1-3H3. The van der Waals surface area contributed by atoms with Gasteiger partial charge >= 0.3 is 0 Å². The smallest absolute Gasteiger partial charge is 0.0950 e. The second-order valence-electron chi connectivity index (χ2n) is 7.07. The van der Waals surface area contributed by atoms with E-state index >= 15 is 0 Å². The van der Waals surface area contributed by atoms with E-state index < -0.39 is 5.60 Å².